The number of phenolic OH excluding ortho intramolecular Hbond substituents is 2. The number of benzene rings is 1. The topological polar surface area (TPSA) is 238 Å². The largest absolute Gasteiger partial charge is 0.504 e. The molecule has 0 bridgehead atoms. The molecule has 2 aliphatic heterocycles. The normalized spacial score (nSPS) is 19.8. The first-order chi connectivity index (χ1) is 22.5. The number of rotatable bonds is 11. The molecule has 47 heavy (non-hydrogen) atoms. The number of carboxylic acid groups (broad SMARTS) is 2. The number of aliphatic carboxylic acids is 1. The Hall–Kier alpha value is -4.33. The highest BCUT2D eigenvalue weighted by Gasteiger charge is 2.54. The van der Waals surface area contributed by atoms with Crippen LogP contribution in [0.1, 0.15) is 41.9 Å². The van der Waals surface area contributed by atoms with Gasteiger partial charge >= 0.3 is 11.9 Å². The Labute approximate surface area is 282 Å². The summed E-state index contributed by atoms with van der Waals surface area (Å²) in [5.74, 6) is -4.40. The minimum absolute atomic E-state index is 0.0928. The molecule has 2 fully saturated rings. The van der Waals surface area contributed by atoms with Gasteiger partial charge in [0.15, 0.2) is 32.4 Å². The van der Waals surface area contributed by atoms with Gasteiger partial charge in [-0.05, 0) is 55.0 Å². The Morgan fingerprint density at radius 3 is 2.55 bits per heavy atom. The van der Waals surface area contributed by atoms with Crippen LogP contribution in [0, 0.1) is 0 Å². The van der Waals surface area contributed by atoms with Crippen molar-refractivity contribution in [3.05, 3.63) is 46.2 Å². The molecule has 7 N–H and O–H groups in total. The third-order valence-electron chi connectivity index (χ3n) is 7.53. The molecule has 0 radical (unpaired) electrons. The average Bonchev–Trinajstić information content (AvgIpc) is 3.81. The number of hydrogen-bond donors (Lipinski definition) is 6. The van der Waals surface area contributed by atoms with Crippen molar-refractivity contribution in [1.82, 2.24) is 20.2 Å². The fourth-order valence-electron chi connectivity index (χ4n) is 5.24. The standard InChI is InChI=1S/C28H26N6O9S4/c29-27-30-14(10-45-27)17(33-43-13-3-1-2-4-13)22(37)31-19-23(38)34-20(26(41)42)12(8-44-24(19)34)9-46-28-32-18(25(39)40)21(47-28)11-5-6-15(35)16(36)7-11/h5-7,10,13,19,24,35-36H,1-4,8-9H2,(H2,29,30)(H,31,37)(H,39,40)(H,41,42)/b33-17+/t19-,24-/m1/s1. The molecule has 6 rings (SSSR count). The number of hydrogen-bond acceptors (Lipinski definition) is 15. The summed E-state index contributed by atoms with van der Waals surface area (Å²) in [5.41, 5.74) is 6.12. The summed E-state index contributed by atoms with van der Waals surface area (Å²) in [6, 6.07) is 2.88. The number of nitrogen functional groups attached to an aromatic ring is 1. The number of aromatic carboxylic acids is 1. The van der Waals surface area contributed by atoms with Crippen LogP contribution >= 0.6 is 46.2 Å². The van der Waals surface area contributed by atoms with Crippen LogP contribution in [-0.4, -0.2) is 93.8 Å². The highest BCUT2D eigenvalue weighted by molar-refractivity contribution is 8.02. The summed E-state index contributed by atoms with van der Waals surface area (Å²) in [5, 5.41) is 47.1. The molecular weight excluding hydrogens is 693 g/mol. The fraction of sp³-hybridized carbons (Fsp3) is 0.321. The molecule has 3 aliphatic rings. The van der Waals surface area contributed by atoms with Gasteiger partial charge in [-0.1, -0.05) is 16.9 Å². The van der Waals surface area contributed by atoms with E-state index in [1.807, 2.05) is 0 Å². The molecular formula is C28H26N6O9S4. The number of carbonyl (C=O) groups excluding carboxylic acids is 2. The zero-order valence-corrected chi connectivity index (χ0v) is 27.4. The third-order valence-corrected chi connectivity index (χ3v) is 11.9. The van der Waals surface area contributed by atoms with Gasteiger partial charge in [0.1, 0.15) is 28.9 Å². The van der Waals surface area contributed by atoms with E-state index < -0.39 is 40.9 Å². The minimum Gasteiger partial charge on any atom is -0.504 e. The molecule has 4 heterocycles. The number of thiazole rings is 2. The minimum atomic E-state index is -1.32. The summed E-state index contributed by atoms with van der Waals surface area (Å²) in [6.07, 6.45) is 3.48. The lowest BCUT2D eigenvalue weighted by molar-refractivity contribution is -0.150. The van der Waals surface area contributed by atoms with Gasteiger partial charge in [-0.25, -0.2) is 19.6 Å². The number of aromatic nitrogens is 2. The fourth-order valence-corrected chi connectivity index (χ4v) is 9.41. The van der Waals surface area contributed by atoms with Crippen LogP contribution in [0.25, 0.3) is 10.4 Å². The summed E-state index contributed by atoms with van der Waals surface area (Å²) in [6.45, 7) is 0. The van der Waals surface area contributed by atoms with E-state index in [0.29, 0.717) is 15.5 Å². The number of phenols is 2. The number of anilines is 1. The SMILES string of the molecule is Nc1nc(/C(=N\OC2CCCC2)C(=O)N[C@@H]2C(=O)N3C(C(=O)O)=C(CSc4nc(C(=O)O)c(-c5ccc(O)c(O)c5)s4)CS[C@H]23)cs1. The van der Waals surface area contributed by atoms with Gasteiger partial charge in [-0.15, -0.1) is 34.4 Å². The molecule has 0 spiro atoms. The van der Waals surface area contributed by atoms with Crippen molar-refractivity contribution in [3.8, 4) is 21.9 Å². The molecule has 2 amide bonds. The van der Waals surface area contributed by atoms with Crippen LogP contribution in [0.15, 0.2) is 44.3 Å². The zero-order valence-electron chi connectivity index (χ0n) is 24.1. The van der Waals surface area contributed by atoms with E-state index in [4.69, 9.17) is 10.6 Å². The van der Waals surface area contributed by atoms with Crippen LogP contribution in [0.4, 0.5) is 5.13 Å². The van der Waals surface area contributed by atoms with Crippen molar-refractivity contribution in [2.24, 2.45) is 5.16 Å². The van der Waals surface area contributed by atoms with Gasteiger partial charge in [-0.2, -0.15) is 0 Å². The number of fused-ring (bicyclic) bond motifs is 1. The number of β-lactam (4-membered cyclic amide) rings is 1. The Balaban J connectivity index is 1.17. The number of nitrogens with one attached hydrogen (secondary N) is 1. The van der Waals surface area contributed by atoms with E-state index in [0.717, 1.165) is 65.0 Å². The monoisotopic (exact) mass is 718 g/mol. The molecule has 1 saturated carbocycles. The Kier molecular flexibility index (Phi) is 9.31. The Bertz CT molecular complexity index is 1830. The maximum atomic E-state index is 13.4. The highest BCUT2D eigenvalue weighted by atomic mass is 32.2. The van der Waals surface area contributed by atoms with Gasteiger partial charge in [-0.3, -0.25) is 14.5 Å². The first kappa shape index (κ1) is 32.6. The molecule has 1 aliphatic carbocycles. The number of oxime groups is 1. The van der Waals surface area contributed by atoms with Crippen molar-refractivity contribution in [1.29, 1.82) is 0 Å². The number of carbonyl (C=O) groups is 4. The van der Waals surface area contributed by atoms with E-state index in [1.54, 1.807) is 5.38 Å². The van der Waals surface area contributed by atoms with Crippen molar-refractivity contribution < 1.29 is 44.4 Å². The lowest BCUT2D eigenvalue weighted by Gasteiger charge is -2.49. The third kappa shape index (κ3) is 6.60. The van der Waals surface area contributed by atoms with Gasteiger partial charge in [0.05, 0.1) is 4.88 Å². The summed E-state index contributed by atoms with van der Waals surface area (Å²) in [7, 11) is 0. The maximum absolute atomic E-state index is 13.4. The first-order valence-corrected chi connectivity index (χ1v) is 17.8. The predicted molar refractivity (Wildman–Crippen MR) is 175 cm³/mol. The lowest BCUT2D eigenvalue weighted by atomic mass is 10.0. The maximum Gasteiger partial charge on any atom is 0.356 e. The number of nitrogens with two attached hydrogens (primary N) is 1. The second-order valence-electron chi connectivity index (χ2n) is 10.6. The Morgan fingerprint density at radius 1 is 1.13 bits per heavy atom. The molecule has 3 aromatic rings. The van der Waals surface area contributed by atoms with Crippen LogP contribution in [-0.2, 0) is 19.2 Å². The summed E-state index contributed by atoms with van der Waals surface area (Å²) < 4.78 is 0.323. The smallest absolute Gasteiger partial charge is 0.356 e. The van der Waals surface area contributed by atoms with Gasteiger partial charge in [0.2, 0.25) is 0 Å². The molecule has 1 saturated heterocycles. The quantitative estimate of drug-likeness (QED) is 0.0549. The van der Waals surface area contributed by atoms with E-state index >= 15 is 0 Å². The number of aromatic hydroxyl groups is 2. The van der Waals surface area contributed by atoms with Gasteiger partial charge in [0.25, 0.3) is 11.8 Å². The molecule has 15 nitrogen and oxygen atoms in total. The molecule has 2 atom stereocenters. The van der Waals surface area contributed by atoms with E-state index in [1.165, 1.54) is 30.0 Å². The van der Waals surface area contributed by atoms with Crippen LogP contribution in [0.3, 0.4) is 0 Å². The lowest BCUT2D eigenvalue weighted by Crippen LogP contribution is -2.71. The van der Waals surface area contributed by atoms with Gasteiger partial charge < -0.3 is 36.3 Å². The average molecular weight is 719 g/mol. The van der Waals surface area contributed by atoms with Crippen molar-refractivity contribution >= 4 is 80.8 Å². The van der Waals surface area contributed by atoms with Gasteiger partial charge in [0, 0.05) is 16.9 Å². The number of amides is 2. The van der Waals surface area contributed by atoms with Crippen LogP contribution in [0.2, 0.25) is 0 Å². The number of nitrogens with zero attached hydrogens (tertiary/aromatic N) is 4. The van der Waals surface area contributed by atoms with Crippen molar-refractivity contribution in [2.45, 2.75) is 47.5 Å². The summed E-state index contributed by atoms with van der Waals surface area (Å²) >= 11 is 4.54. The Morgan fingerprint density at radius 2 is 1.89 bits per heavy atom. The van der Waals surface area contributed by atoms with E-state index in [-0.39, 0.29) is 56.2 Å². The molecule has 1 aromatic carbocycles. The van der Waals surface area contributed by atoms with Crippen molar-refractivity contribution in [3.63, 3.8) is 0 Å². The van der Waals surface area contributed by atoms with Crippen LogP contribution in [0.5, 0.6) is 11.5 Å². The second-order valence-corrected chi connectivity index (χ2v) is 14.8. The highest BCUT2D eigenvalue weighted by Crippen LogP contribution is 2.43. The molecule has 0 unspecified atom stereocenters. The molecule has 19 heteroatoms. The number of thioether (sulfide) groups is 2. The zero-order chi connectivity index (χ0) is 33.4. The molecule has 246 valence electrons. The predicted octanol–water partition coefficient (Wildman–Crippen LogP) is 3.15. The summed E-state index contributed by atoms with van der Waals surface area (Å²) in [4.78, 5) is 66.2. The van der Waals surface area contributed by atoms with E-state index in [9.17, 15) is 39.6 Å². The second kappa shape index (κ2) is 13.4. The first-order valence-electron chi connectivity index (χ1n) is 14.1. The molecule has 2 aromatic heterocycles. The van der Waals surface area contributed by atoms with Crippen LogP contribution < -0.4 is 11.1 Å². The van der Waals surface area contributed by atoms with Crippen molar-refractivity contribution in [2.75, 3.05) is 17.2 Å². The van der Waals surface area contributed by atoms with E-state index in [2.05, 4.69) is 20.4 Å². The number of carboxylic acids is 2.